The van der Waals surface area contributed by atoms with E-state index in [1.54, 1.807) is 4.90 Å². The van der Waals surface area contributed by atoms with Gasteiger partial charge in [0, 0.05) is 19.5 Å². The molecule has 1 aliphatic rings. The Balaban J connectivity index is 1.45. The Bertz CT molecular complexity index is 1320. The zero-order valence-corrected chi connectivity index (χ0v) is 20.9. The van der Waals surface area contributed by atoms with Gasteiger partial charge in [-0.3, -0.25) is 14.5 Å². The Hall–Kier alpha value is -3.51. The van der Waals surface area contributed by atoms with E-state index in [-0.39, 0.29) is 24.2 Å². The van der Waals surface area contributed by atoms with Crippen LogP contribution in [0.4, 0.5) is 10.8 Å². The van der Waals surface area contributed by atoms with Gasteiger partial charge >= 0.3 is 0 Å². The molecule has 2 heterocycles. The number of para-hydroxylation sites is 2. The van der Waals surface area contributed by atoms with Crippen LogP contribution in [-0.2, 0) is 16.0 Å². The molecule has 0 unspecified atom stereocenters. The second kappa shape index (κ2) is 10.0. The molecule has 0 radical (unpaired) electrons. The summed E-state index contributed by atoms with van der Waals surface area (Å²) in [5, 5.41) is 0.652. The molecule has 0 spiro atoms. The standard InChI is InChI=1S/C29H29N3O2S/c1-20(2)23-12-6-8-14-25(23)32(29-30-24-13-7-9-15-26(24)35-29)28(34)22-18-27(33)31(19-22)17-16-21-10-4-3-5-11-21/h3-15,20,22H,16-19H2,1-2H3/t22-/m0/s1. The second-order valence-electron chi connectivity index (χ2n) is 9.33. The number of likely N-dealkylation sites (tertiary alicyclic amines) is 1. The van der Waals surface area contributed by atoms with E-state index >= 15 is 0 Å². The first kappa shape index (κ1) is 23.2. The minimum atomic E-state index is -0.398. The number of rotatable bonds is 7. The maximum Gasteiger partial charge on any atom is 0.238 e. The number of anilines is 2. The molecule has 0 bridgehead atoms. The number of thiazole rings is 1. The average molecular weight is 484 g/mol. The zero-order chi connectivity index (χ0) is 24.4. The lowest BCUT2D eigenvalue weighted by Gasteiger charge is -2.26. The van der Waals surface area contributed by atoms with Gasteiger partial charge in [-0.15, -0.1) is 0 Å². The van der Waals surface area contributed by atoms with Gasteiger partial charge in [0.05, 0.1) is 21.8 Å². The molecule has 0 N–H and O–H groups in total. The molecular formula is C29H29N3O2S. The number of carbonyl (C=O) groups is 2. The Morgan fingerprint density at radius 2 is 1.74 bits per heavy atom. The van der Waals surface area contributed by atoms with Gasteiger partial charge in [0.1, 0.15) is 0 Å². The number of benzene rings is 3. The van der Waals surface area contributed by atoms with E-state index in [9.17, 15) is 9.59 Å². The molecule has 2 amide bonds. The summed E-state index contributed by atoms with van der Waals surface area (Å²) < 4.78 is 1.04. The van der Waals surface area contributed by atoms with Crippen LogP contribution in [0.2, 0.25) is 0 Å². The highest BCUT2D eigenvalue weighted by atomic mass is 32.1. The Morgan fingerprint density at radius 3 is 2.51 bits per heavy atom. The van der Waals surface area contributed by atoms with Crippen LogP contribution in [0.15, 0.2) is 78.9 Å². The largest absolute Gasteiger partial charge is 0.342 e. The van der Waals surface area contributed by atoms with Crippen LogP contribution in [0.25, 0.3) is 10.2 Å². The van der Waals surface area contributed by atoms with Crippen molar-refractivity contribution in [2.24, 2.45) is 5.92 Å². The summed E-state index contributed by atoms with van der Waals surface area (Å²) in [6, 6.07) is 26.1. The van der Waals surface area contributed by atoms with Gasteiger partial charge in [-0.25, -0.2) is 4.98 Å². The van der Waals surface area contributed by atoms with Gasteiger partial charge in [-0.05, 0) is 41.7 Å². The smallest absolute Gasteiger partial charge is 0.238 e. The highest BCUT2D eigenvalue weighted by molar-refractivity contribution is 7.22. The van der Waals surface area contributed by atoms with Crippen LogP contribution in [0, 0.1) is 5.92 Å². The third-order valence-electron chi connectivity index (χ3n) is 6.57. The average Bonchev–Trinajstić information content (AvgIpc) is 3.47. The predicted octanol–water partition coefficient (Wildman–Crippen LogP) is 6.18. The number of aromatic nitrogens is 1. The Labute approximate surface area is 210 Å². The number of hydrogen-bond donors (Lipinski definition) is 0. The lowest BCUT2D eigenvalue weighted by atomic mass is 9.99. The van der Waals surface area contributed by atoms with Gasteiger partial charge in [0.2, 0.25) is 11.8 Å². The maximum atomic E-state index is 14.1. The van der Waals surface area contributed by atoms with Crippen LogP contribution in [0.3, 0.4) is 0 Å². The molecule has 1 fully saturated rings. The zero-order valence-electron chi connectivity index (χ0n) is 20.1. The summed E-state index contributed by atoms with van der Waals surface area (Å²) in [6.07, 6.45) is 1.02. The van der Waals surface area contributed by atoms with Gasteiger partial charge in [0.15, 0.2) is 5.13 Å². The highest BCUT2D eigenvalue weighted by Crippen LogP contribution is 2.39. The Morgan fingerprint density at radius 1 is 1.03 bits per heavy atom. The monoisotopic (exact) mass is 483 g/mol. The first-order valence-corrected chi connectivity index (χ1v) is 12.9. The molecular weight excluding hydrogens is 454 g/mol. The summed E-state index contributed by atoms with van der Waals surface area (Å²) in [4.78, 5) is 35.4. The quantitative estimate of drug-likeness (QED) is 0.316. The fraction of sp³-hybridized carbons (Fsp3) is 0.276. The van der Waals surface area contributed by atoms with E-state index in [0.29, 0.717) is 18.2 Å². The summed E-state index contributed by atoms with van der Waals surface area (Å²) >= 11 is 1.51. The molecule has 6 heteroatoms. The molecule has 4 aromatic rings. The van der Waals surface area contributed by atoms with Crippen molar-refractivity contribution in [2.45, 2.75) is 32.6 Å². The van der Waals surface area contributed by atoms with Crippen LogP contribution >= 0.6 is 11.3 Å². The van der Waals surface area contributed by atoms with E-state index in [4.69, 9.17) is 4.98 Å². The van der Waals surface area contributed by atoms with Crippen molar-refractivity contribution in [3.05, 3.63) is 90.0 Å². The van der Waals surface area contributed by atoms with Gasteiger partial charge in [0.25, 0.3) is 0 Å². The molecule has 35 heavy (non-hydrogen) atoms. The van der Waals surface area contributed by atoms with E-state index in [2.05, 4.69) is 32.0 Å². The summed E-state index contributed by atoms with van der Waals surface area (Å²) in [6.45, 7) is 5.32. The lowest BCUT2D eigenvalue weighted by Crippen LogP contribution is -2.35. The number of amides is 2. The minimum absolute atomic E-state index is 0.0423. The van der Waals surface area contributed by atoms with Gasteiger partial charge in [-0.2, -0.15) is 0 Å². The molecule has 1 aromatic heterocycles. The summed E-state index contributed by atoms with van der Waals surface area (Å²) in [5.74, 6) is -0.178. The molecule has 1 saturated heterocycles. The molecule has 5 rings (SSSR count). The van der Waals surface area contributed by atoms with E-state index in [0.717, 1.165) is 27.9 Å². The SMILES string of the molecule is CC(C)c1ccccc1N(C(=O)[C@H]1CC(=O)N(CCc2ccccc2)C1)c1nc2ccccc2s1. The minimum Gasteiger partial charge on any atom is -0.342 e. The molecule has 0 saturated carbocycles. The normalized spacial score (nSPS) is 15.8. The third kappa shape index (κ3) is 4.84. The molecule has 1 atom stereocenters. The molecule has 3 aromatic carbocycles. The highest BCUT2D eigenvalue weighted by Gasteiger charge is 2.38. The van der Waals surface area contributed by atoms with Crippen LogP contribution < -0.4 is 4.90 Å². The van der Waals surface area contributed by atoms with E-state index in [1.807, 2.05) is 65.6 Å². The van der Waals surface area contributed by atoms with Crippen molar-refractivity contribution >= 4 is 44.2 Å². The second-order valence-corrected chi connectivity index (χ2v) is 10.3. The van der Waals surface area contributed by atoms with Crippen molar-refractivity contribution in [1.29, 1.82) is 0 Å². The first-order chi connectivity index (χ1) is 17.0. The molecule has 5 nitrogen and oxygen atoms in total. The topological polar surface area (TPSA) is 53.5 Å². The van der Waals surface area contributed by atoms with Crippen molar-refractivity contribution in [2.75, 3.05) is 18.0 Å². The molecule has 178 valence electrons. The summed E-state index contributed by atoms with van der Waals surface area (Å²) in [7, 11) is 0. The first-order valence-electron chi connectivity index (χ1n) is 12.1. The van der Waals surface area contributed by atoms with E-state index in [1.165, 1.54) is 16.9 Å². The van der Waals surface area contributed by atoms with Crippen LogP contribution in [0.1, 0.15) is 37.3 Å². The Kier molecular flexibility index (Phi) is 6.64. The third-order valence-corrected chi connectivity index (χ3v) is 7.59. The van der Waals surface area contributed by atoms with Crippen molar-refractivity contribution < 1.29 is 9.59 Å². The van der Waals surface area contributed by atoms with Gasteiger partial charge < -0.3 is 4.90 Å². The van der Waals surface area contributed by atoms with Gasteiger partial charge in [-0.1, -0.05) is 85.8 Å². The van der Waals surface area contributed by atoms with Crippen LogP contribution in [0.5, 0.6) is 0 Å². The fourth-order valence-corrected chi connectivity index (χ4v) is 5.68. The van der Waals surface area contributed by atoms with Crippen molar-refractivity contribution in [1.82, 2.24) is 9.88 Å². The van der Waals surface area contributed by atoms with E-state index < -0.39 is 5.92 Å². The summed E-state index contributed by atoms with van der Waals surface area (Å²) in [5.41, 5.74) is 4.00. The maximum absolute atomic E-state index is 14.1. The fourth-order valence-electron chi connectivity index (χ4n) is 4.70. The van der Waals surface area contributed by atoms with Crippen LogP contribution in [-0.4, -0.2) is 34.8 Å². The number of carbonyl (C=O) groups excluding carboxylic acids is 2. The van der Waals surface area contributed by atoms with Crippen molar-refractivity contribution in [3.8, 4) is 0 Å². The lowest BCUT2D eigenvalue weighted by molar-refractivity contribution is -0.128. The number of hydrogen-bond acceptors (Lipinski definition) is 4. The number of nitrogens with zero attached hydrogens (tertiary/aromatic N) is 3. The number of fused-ring (bicyclic) bond motifs is 1. The molecule has 0 aliphatic carbocycles. The van der Waals surface area contributed by atoms with Crippen molar-refractivity contribution in [3.63, 3.8) is 0 Å². The predicted molar refractivity (Wildman–Crippen MR) is 142 cm³/mol. The molecule has 1 aliphatic heterocycles.